The molecule has 0 amide bonds. The molecule has 0 fully saturated rings. The van der Waals surface area contributed by atoms with E-state index in [-0.39, 0.29) is 25.7 Å². The lowest BCUT2D eigenvalue weighted by Crippen LogP contribution is -2.30. The molecule has 0 saturated heterocycles. The molecule has 3 N–H and O–H groups in total. The molecule has 0 aromatic rings. The Kier molecular flexibility index (Phi) is 62.2. The molecule has 0 heterocycles. The Hall–Kier alpha value is -1.94. The summed E-state index contributed by atoms with van der Waals surface area (Å²) in [5.41, 5.74) is 0. The zero-order chi connectivity index (χ0) is 68.9. The number of ether oxygens (including phenoxy) is 4. The molecule has 0 aliphatic heterocycles. The van der Waals surface area contributed by atoms with Crippen LogP contribution in [0.3, 0.4) is 0 Å². The van der Waals surface area contributed by atoms with Crippen LogP contribution in [0.1, 0.15) is 370 Å². The van der Waals surface area contributed by atoms with Crippen molar-refractivity contribution in [2.45, 2.75) is 388 Å². The van der Waals surface area contributed by atoms with E-state index in [4.69, 9.17) is 37.0 Å². The van der Waals surface area contributed by atoms with Crippen LogP contribution in [0.25, 0.3) is 0 Å². The molecule has 0 rings (SSSR count). The highest BCUT2D eigenvalue weighted by Crippen LogP contribution is 2.45. The normalized spacial score (nSPS) is 14.2. The first-order chi connectivity index (χ1) is 44.6. The molecule has 0 radical (unpaired) electrons. The SMILES string of the molecule is CC(C)CCCCCCCCCCCCCCCCCC(=O)OC[C@H](COP(=O)(O)OC[C@@H](O)COP(=O)(O)OC[C@@H](COC(=O)CCCCCCCCC(C)C)OC(=O)CCCCCCCCCCCC(C)C)OC(=O)CCCCCCCCCCCCCC(C)C. The van der Waals surface area contributed by atoms with Gasteiger partial charge in [-0.1, -0.05) is 319 Å². The fourth-order valence-electron chi connectivity index (χ4n) is 11.2. The number of rotatable bonds is 71. The average molecular weight is 1370 g/mol. The molecule has 0 aliphatic carbocycles. The fraction of sp³-hybridized carbons (Fsp3) is 0.946. The number of carbonyl (C=O) groups is 4. The van der Waals surface area contributed by atoms with Gasteiger partial charge in [-0.3, -0.25) is 37.3 Å². The molecular weight excluding hydrogens is 1220 g/mol. The molecule has 93 heavy (non-hydrogen) atoms. The van der Waals surface area contributed by atoms with E-state index in [0.717, 1.165) is 114 Å². The van der Waals surface area contributed by atoms with Crippen LogP contribution in [0.15, 0.2) is 0 Å². The van der Waals surface area contributed by atoms with Crippen molar-refractivity contribution >= 4 is 39.5 Å². The quantitative estimate of drug-likeness (QED) is 0.0222. The Bertz CT molecular complexity index is 1830. The fourth-order valence-corrected chi connectivity index (χ4v) is 12.8. The summed E-state index contributed by atoms with van der Waals surface area (Å²) in [5, 5.41) is 10.6. The zero-order valence-corrected chi connectivity index (χ0v) is 62.7. The summed E-state index contributed by atoms with van der Waals surface area (Å²) in [4.78, 5) is 72.7. The van der Waals surface area contributed by atoms with Gasteiger partial charge < -0.3 is 33.8 Å². The van der Waals surface area contributed by atoms with Crippen LogP contribution < -0.4 is 0 Å². The number of hydrogen-bond donors (Lipinski definition) is 3. The predicted molar refractivity (Wildman–Crippen MR) is 377 cm³/mol. The first-order valence-electron chi connectivity index (χ1n) is 38.2. The summed E-state index contributed by atoms with van der Waals surface area (Å²) in [6.07, 6.45) is 47.4. The van der Waals surface area contributed by atoms with Crippen molar-refractivity contribution in [3.05, 3.63) is 0 Å². The van der Waals surface area contributed by atoms with Crippen molar-refractivity contribution in [2.75, 3.05) is 39.6 Å². The molecular formula is C74H144O17P2. The van der Waals surface area contributed by atoms with Crippen molar-refractivity contribution in [1.82, 2.24) is 0 Å². The van der Waals surface area contributed by atoms with E-state index in [1.807, 2.05) is 0 Å². The Morgan fingerprint density at radius 2 is 0.452 bits per heavy atom. The maximum atomic E-state index is 13.1. The molecule has 19 heteroatoms. The van der Waals surface area contributed by atoms with Crippen LogP contribution in [0.4, 0.5) is 0 Å². The maximum absolute atomic E-state index is 13.1. The van der Waals surface area contributed by atoms with Crippen molar-refractivity contribution in [3.8, 4) is 0 Å². The molecule has 0 aliphatic rings. The molecule has 5 atom stereocenters. The second kappa shape index (κ2) is 63.5. The van der Waals surface area contributed by atoms with Gasteiger partial charge in [-0.25, -0.2) is 9.13 Å². The number of carbonyl (C=O) groups excluding carboxylic acids is 4. The van der Waals surface area contributed by atoms with E-state index in [1.54, 1.807) is 0 Å². The summed E-state index contributed by atoms with van der Waals surface area (Å²) in [6, 6.07) is 0. The van der Waals surface area contributed by atoms with Crippen molar-refractivity contribution in [1.29, 1.82) is 0 Å². The second-order valence-corrected chi connectivity index (χ2v) is 31.5. The number of unbranched alkanes of at least 4 members (excludes halogenated alkanes) is 37. The van der Waals surface area contributed by atoms with Gasteiger partial charge >= 0.3 is 39.5 Å². The maximum Gasteiger partial charge on any atom is 0.472 e. The van der Waals surface area contributed by atoms with Crippen LogP contribution >= 0.6 is 15.6 Å². The lowest BCUT2D eigenvalue weighted by Gasteiger charge is -2.21. The van der Waals surface area contributed by atoms with E-state index in [2.05, 4.69) is 55.4 Å². The van der Waals surface area contributed by atoms with Crippen LogP contribution in [-0.2, 0) is 65.4 Å². The van der Waals surface area contributed by atoms with Gasteiger partial charge in [0, 0.05) is 25.7 Å². The minimum Gasteiger partial charge on any atom is -0.462 e. The van der Waals surface area contributed by atoms with Gasteiger partial charge in [-0.15, -0.1) is 0 Å². The van der Waals surface area contributed by atoms with Crippen LogP contribution in [0.2, 0.25) is 0 Å². The van der Waals surface area contributed by atoms with Gasteiger partial charge in [0.2, 0.25) is 0 Å². The van der Waals surface area contributed by atoms with Crippen LogP contribution in [-0.4, -0.2) is 96.7 Å². The third-order valence-corrected chi connectivity index (χ3v) is 19.0. The number of aliphatic hydroxyl groups is 1. The molecule has 0 spiro atoms. The minimum absolute atomic E-state index is 0.104. The standard InChI is InChI=1S/C74H144O17P2/c1-64(2)50-42-34-26-20-15-12-10-9-11-13-17-23-29-38-46-54-71(76)84-60-69(90-73(78)56-48-40-30-24-18-14-16-21-27-35-43-51-65(3)4)62-88-92(80,81)86-58-68(75)59-87-93(82,83)89-63-70(61-85-72(77)55-47-39-33-32-37-45-53-67(7)8)91-74(79)57-49-41-31-25-19-22-28-36-44-52-66(5)6/h64-70,75H,9-63H2,1-8H3,(H,80,81)(H,82,83)/t68-,69-,70-/m1/s1. The summed E-state index contributed by atoms with van der Waals surface area (Å²) < 4.78 is 68.4. The summed E-state index contributed by atoms with van der Waals surface area (Å²) in [5.74, 6) is 0.862. The monoisotopic (exact) mass is 1370 g/mol. The average Bonchev–Trinajstić information content (AvgIpc) is 1.68. The zero-order valence-electron chi connectivity index (χ0n) is 60.9. The van der Waals surface area contributed by atoms with Gasteiger partial charge in [-0.05, 0) is 49.4 Å². The highest BCUT2D eigenvalue weighted by molar-refractivity contribution is 7.47. The molecule has 2 unspecified atom stereocenters. The largest absolute Gasteiger partial charge is 0.472 e. The summed E-state index contributed by atoms with van der Waals surface area (Å²) >= 11 is 0. The molecule has 0 saturated carbocycles. The van der Waals surface area contributed by atoms with Gasteiger partial charge in [-0.2, -0.15) is 0 Å². The second-order valence-electron chi connectivity index (χ2n) is 28.6. The first kappa shape index (κ1) is 91.1. The lowest BCUT2D eigenvalue weighted by molar-refractivity contribution is -0.161. The third kappa shape index (κ3) is 68.4. The van der Waals surface area contributed by atoms with Gasteiger partial charge in [0.1, 0.15) is 19.3 Å². The molecule has 0 aromatic heterocycles. The smallest absolute Gasteiger partial charge is 0.462 e. The highest BCUT2D eigenvalue weighted by Gasteiger charge is 2.30. The Morgan fingerprint density at radius 3 is 0.667 bits per heavy atom. The van der Waals surface area contributed by atoms with Crippen LogP contribution in [0.5, 0.6) is 0 Å². The number of phosphoric acid groups is 2. The van der Waals surface area contributed by atoms with Crippen molar-refractivity contribution in [3.63, 3.8) is 0 Å². The molecule has 0 aromatic carbocycles. The van der Waals surface area contributed by atoms with Gasteiger partial charge in [0.25, 0.3) is 0 Å². The van der Waals surface area contributed by atoms with E-state index < -0.39 is 97.5 Å². The summed E-state index contributed by atoms with van der Waals surface area (Å²) in [7, 11) is -9.91. The van der Waals surface area contributed by atoms with E-state index >= 15 is 0 Å². The van der Waals surface area contributed by atoms with Crippen molar-refractivity contribution in [2.24, 2.45) is 23.7 Å². The molecule has 552 valence electrons. The minimum atomic E-state index is -4.96. The van der Waals surface area contributed by atoms with Gasteiger partial charge in [0.05, 0.1) is 26.4 Å². The number of esters is 4. The first-order valence-corrected chi connectivity index (χ1v) is 41.2. The summed E-state index contributed by atoms with van der Waals surface area (Å²) in [6.45, 7) is 14.1. The number of aliphatic hydroxyl groups excluding tert-OH is 1. The Balaban J connectivity index is 5.22. The molecule has 0 bridgehead atoms. The van der Waals surface area contributed by atoms with Crippen LogP contribution in [0, 0.1) is 23.7 Å². The van der Waals surface area contributed by atoms with E-state index in [0.29, 0.717) is 31.6 Å². The van der Waals surface area contributed by atoms with E-state index in [1.165, 1.54) is 167 Å². The topological polar surface area (TPSA) is 237 Å². The number of phosphoric ester groups is 2. The van der Waals surface area contributed by atoms with Crippen molar-refractivity contribution < 1.29 is 80.2 Å². The number of hydrogen-bond acceptors (Lipinski definition) is 15. The Labute approximate surface area is 568 Å². The van der Waals surface area contributed by atoms with E-state index in [9.17, 15) is 43.2 Å². The lowest BCUT2D eigenvalue weighted by atomic mass is 10.0. The van der Waals surface area contributed by atoms with Gasteiger partial charge in [0.15, 0.2) is 12.2 Å². The third-order valence-electron chi connectivity index (χ3n) is 17.1. The highest BCUT2D eigenvalue weighted by atomic mass is 31.2. The predicted octanol–water partition coefficient (Wildman–Crippen LogP) is 21.3. The molecule has 17 nitrogen and oxygen atoms in total. The Morgan fingerprint density at radius 1 is 0.269 bits per heavy atom.